The lowest BCUT2D eigenvalue weighted by atomic mass is 9.96. The molecule has 0 saturated carbocycles. The molecule has 0 unspecified atom stereocenters. The fourth-order valence-electron chi connectivity index (χ4n) is 3.56. The van der Waals surface area contributed by atoms with Gasteiger partial charge in [0.05, 0.1) is 16.6 Å². The van der Waals surface area contributed by atoms with Gasteiger partial charge in [0.25, 0.3) is 0 Å². The highest BCUT2D eigenvalue weighted by atomic mass is 35.5. The SMILES string of the molecule is Oc1ccccc1C1=NN2[C@@H](C1)c1cc(Cl)ccc1O[C@H]2c1cccs1. The van der Waals surface area contributed by atoms with Crippen LogP contribution >= 0.6 is 22.9 Å². The van der Waals surface area contributed by atoms with Crippen LogP contribution in [0.5, 0.6) is 11.5 Å². The van der Waals surface area contributed by atoms with Crippen LogP contribution in [-0.2, 0) is 0 Å². The van der Waals surface area contributed by atoms with Crippen molar-refractivity contribution in [2.75, 3.05) is 0 Å². The van der Waals surface area contributed by atoms with Crippen molar-refractivity contribution in [1.82, 2.24) is 5.01 Å². The van der Waals surface area contributed by atoms with E-state index in [0.29, 0.717) is 11.4 Å². The van der Waals surface area contributed by atoms with Crippen LogP contribution in [0.2, 0.25) is 5.02 Å². The lowest BCUT2D eigenvalue weighted by Gasteiger charge is -2.37. The topological polar surface area (TPSA) is 45.1 Å². The number of hydrogen-bond acceptors (Lipinski definition) is 5. The molecule has 26 heavy (non-hydrogen) atoms. The van der Waals surface area contributed by atoms with E-state index in [2.05, 4.69) is 6.07 Å². The number of benzene rings is 2. The zero-order valence-corrected chi connectivity index (χ0v) is 15.2. The standard InChI is InChI=1S/C20H15ClN2O2S/c21-12-7-8-18-14(10-12)16-11-15(13-4-1-2-5-17(13)24)22-23(16)20(25-18)19-6-3-9-26-19/h1-10,16,20,24H,11H2/t16-,20-/m0/s1. The minimum Gasteiger partial charge on any atom is -0.507 e. The second-order valence-electron chi connectivity index (χ2n) is 6.33. The lowest BCUT2D eigenvalue weighted by molar-refractivity contribution is -0.0165. The number of aromatic hydroxyl groups is 1. The van der Waals surface area contributed by atoms with E-state index in [1.807, 2.05) is 52.9 Å². The van der Waals surface area contributed by atoms with Gasteiger partial charge in [-0.1, -0.05) is 29.8 Å². The largest absolute Gasteiger partial charge is 0.507 e. The van der Waals surface area contributed by atoms with Crippen molar-refractivity contribution in [1.29, 1.82) is 0 Å². The smallest absolute Gasteiger partial charge is 0.222 e. The van der Waals surface area contributed by atoms with Gasteiger partial charge in [0.2, 0.25) is 6.23 Å². The van der Waals surface area contributed by atoms with Gasteiger partial charge >= 0.3 is 0 Å². The molecule has 3 aromatic rings. The normalized spacial score (nSPS) is 21.0. The van der Waals surface area contributed by atoms with E-state index < -0.39 is 0 Å². The zero-order valence-electron chi connectivity index (χ0n) is 13.7. The summed E-state index contributed by atoms with van der Waals surface area (Å²) in [7, 11) is 0. The van der Waals surface area contributed by atoms with E-state index in [4.69, 9.17) is 21.4 Å². The molecule has 0 spiro atoms. The van der Waals surface area contributed by atoms with Gasteiger partial charge in [-0.25, -0.2) is 5.01 Å². The molecule has 0 fully saturated rings. The first-order valence-corrected chi connectivity index (χ1v) is 9.60. The molecule has 2 aromatic carbocycles. The van der Waals surface area contributed by atoms with Crippen LogP contribution in [0.4, 0.5) is 0 Å². The molecule has 2 aliphatic heterocycles. The molecule has 6 heteroatoms. The number of nitrogens with zero attached hydrogens (tertiary/aromatic N) is 2. The third-order valence-electron chi connectivity index (χ3n) is 4.75. The molecule has 1 aromatic heterocycles. The minimum atomic E-state index is -0.281. The maximum atomic E-state index is 10.2. The summed E-state index contributed by atoms with van der Waals surface area (Å²) in [5.41, 5.74) is 2.64. The molecule has 1 N–H and O–H groups in total. The van der Waals surface area contributed by atoms with Gasteiger partial charge in [-0.15, -0.1) is 11.3 Å². The third-order valence-corrected chi connectivity index (χ3v) is 5.89. The van der Waals surface area contributed by atoms with Crippen LogP contribution in [-0.4, -0.2) is 15.8 Å². The van der Waals surface area contributed by atoms with Crippen LogP contribution in [0.1, 0.15) is 34.7 Å². The molecular weight excluding hydrogens is 368 g/mol. The second kappa shape index (κ2) is 6.04. The molecule has 2 aliphatic rings. The average Bonchev–Trinajstić information content (AvgIpc) is 3.32. The molecule has 130 valence electrons. The van der Waals surface area contributed by atoms with Gasteiger partial charge in [0, 0.05) is 22.6 Å². The Hall–Kier alpha value is -2.50. The van der Waals surface area contributed by atoms with Gasteiger partial charge in [0.15, 0.2) is 0 Å². The van der Waals surface area contributed by atoms with Gasteiger partial charge < -0.3 is 9.84 Å². The van der Waals surface area contributed by atoms with E-state index in [1.165, 1.54) is 0 Å². The number of hydrogen-bond donors (Lipinski definition) is 1. The molecule has 4 nitrogen and oxygen atoms in total. The third kappa shape index (κ3) is 2.47. The van der Waals surface area contributed by atoms with Crippen LogP contribution in [0.3, 0.4) is 0 Å². The quantitative estimate of drug-likeness (QED) is 0.649. The highest BCUT2D eigenvalue weighted by molar-refractivity contribution is 7.10. The van der Waals surface area contributed by atoms with Crippen molar-refractivity contribution in [3.63, 3.8) is 0 Å². The Morgan fingerprint density at radius 2 is 2.04 bits per heavy atom. The Bertz CT molecular complexity index is 1000. The maximum Gasteiger partial charge on any atom is 0.222 e. The molecule has 0 radical (unpaired) electrons. The number of hydrazone groups is 1. The summed E-state index contributed by atoms with van der Waals surface area (Å²) in [4.78, 5) is 1.10. The highest BCUT2D eigenvalue weighted by Crippen LogP contribution is 2.49. The molecule has 2 atom stereocenters. The summed E-state index contributed by atoms with van der Waals surface area (Å²) >= 11 is 7.88. The summed E-state index contributed by atoms with van der Waals surface area (Å²) in [6, 6.07) is 17.1. The van der Waals surface area contributed by atoms with Crippen molar-refractivity contribution in [2.45, 2.75) is 18.7 Å². The number of rotatable bonds is 2. The molecule has 5 rings (SSSR count). The van der Waals surface area contributed by atoms with E-state index in [0.717, 1.165) is 27.5 Å². The summed E-state index contributed by atoms with van der Waals surface area (Å²) in [5.74, 6) is 1.08. The van der Waals surface area contributed by atoms with E-state index in [1.54, 1.807) is 17.4 Å². The average molecular weight is 383 g/mol. The van der Waals surface area contributed by atoms with Crippen LogP contribution in [0.15, 0.2) is 65.1 Å². The Labute approximate surface area is 159 Å². The molecule has 0 amide bonds. The molecular formula is C20H15ClN2O2S. The zero-order chi connectivity index (χ0) is 17.7. The van der Waals surface area contributed by atoms with Crippen molar-refractivity contribution >= 4 is 28.6 Å². The molecule has 0 saturated heterocycles. The van der Waals surface area contributed by atoms with Gasteiger partial charge in [-0.2, -0.15) is 5.10 Å². The first-order valence-electron chi connectivity index (χ1n) is 8.34. The van der Waals surface area contributed by atoms with Crippen molar-refractivity contribution in [3.8, 4) is 11.5 Å². The number of para-hydroxylation sites is 1. The van der Waals surface area contributed by atoms with E-state index in [9.17, 15) is 5.11 Å². The highest BCUT2D eigenvalue weighted by Gasteiger charge is 2.41. The summed E-state index contributed by atoms with van der Waals surface area (Å²) in [5, 5.41) is 19.8. The van der Waals surface area contributed by atoms with Crippen molar-refractivity contribution in [3.05, 3.63) is 81.0 Å². The minimum absolute atomic E-state index is 0.0270. The number of phenolic OH excluding ortho intramolecular Hbond substituents is 1. The van der Waals surface area contributed by atoms with Crippen molar-refractivity contribution < 1.29 is 9.84 Å². The second-order valence-corrected chi connectivity index (χ2v) is 7.75. The molecule has 3 heterocycles. The lowest BCUT2D eigenvalue weighted by Crippen LogP contribution is -2.33. The van der Waals surface area contributed by atoms with Crippen LogP contribution < -0.4 is 4.74 Å². The number of halogens is 1. The Morgan fingerprint density at radius 1 is 1.15 bits per heavy atom. The van der Waals surface area contributed by atoms with E-state index in [-0.39, 0.29) is 18.0 Å². The first-order chi connectivity index (χ1) is 12.7. The first kappa shape index (κ1) is 15.7. The Balaban J connectivity index is 1.62. The fourth-order valence-corrected chi connectivity index (χ4v) is 4.48. The van der Waals surface area contributed by atoms with Crippen LogP contribution in [0.25, 0.3) is 0 Å². The Morgan fingerprint density at radius 3 is 2.85 bits per heavy atom. The van der Waals surface area contributed by atoms with Gasteiger partial charge in [-0.3, -0.25) is 0 Å². The number of ether oxygens (including phenoxy) is 1. The monoisotopic (exact) mass is 382 g/mol. The fraction of sp³-hybridized carbons (Fsp3) is 0.150. The summed E-state index contributed by atoms with van der Waals surface area (Å²) in [6.07, 6.45) is 0.410. The number of fused-ring (bicyclic) bond motifs is 3. The van der Waals surface area contributed by atoms with Gasteiger partial charge in [-0.05, 0) is 41.8 Å². The predicted molar refractivity (Wildman–Crippen MR) is 103 cm³/mol. The van der Waals surface area contributed by atoms with Crippen molar-refractivity contribution in [2.24, 2.45) is 5.10 Å². The maximum absolute atomic E-state index is 10.2. The molecule has 0 aliphatic carbocycles. The Kier molecular flexibility index (Phi) is 3.65. The number of phenols is 1. The van der Waals surface area contributed by atoms with Crippen LogP contribution in [0, 0.1) is 0 Å². The predicted octanol–water partition coefficient (Wildman–Crippen LogP) is 5.35. The molecule has 0 bridgehead atoms. The summed E-state index contributed by atoms with van der Waals surface area (Å²) < 4.78 is 6.27. The van der Waals surface area contributed by atoms with E-state index >= 15 is 0 Å². The van der Waals surface area contributed by atoms with Gasteiger partial charge in [0.1, 0.15) is 11.5 Å². The summed E-state index contributed by atoms with van der Waals surface area (Å²) in [6.45, 7) is 0. The number of thiophene rings is 1.